The van der Waals surface area contributed by atoms with Crippen molar-refractivity contribution in [3.05, 3.63) is 42.5 Å². The van der Waals surface area contributed by atoms with E-state index < -0.39 is 12.0 Å². The van der Waals surface area contributed by atoms with Crippen molar-refractivity contribution >= 4 is 38.3 Å². The van der Waals surface area contributed by atoms with Crippen molar-refractivity contribution in [2.24, 2.45) is 0 Å². The third kappa shape index (κ3) is 3.00. The van der Waals surface area contributed by atoms with E-state index in [2.05, 4.69) is 15.4 Å². The summed E-state index contributed by atoms with van der Waals surface area (Å²) in [6.07, 6.45) is 2.84. The number of thiophene rings is 1. The van der Waals surface area contributed by atoms with Crippen LogP contribution in [-0.4, -0.2) is 33.2 Å². The number of hydrogen-bond donors (Lipinski definition) is 1. The number of fused-ring (bicyclic) bond motifs is 1. The van der Waals surface area contributed by atoms with Crippen molar-refractivity contribution in [2.45, 2.75) is 19.9 Å². The minimum atomic E-state index is -0.548. The molecule has 2 aromatic heterocycles. The summed E-state index contributed by atoms with van der Waals surface area (Å²) < 4.78 is 7.50. The maximum atomic E-state index is 12.5. The molecule has 7 nitrogen and oxygen atoms in total. The Morgan fingerprint density at radius 2 is 2.17 bits per heavy atom. The Kier molecular flexibility index (Phi) is 4.57. The predicted octanol–water partition coefficient (Wildman–Crippen LogP) is 2.87. The maximum Gasteiger partial charge on any atom is 0.341 e. The van der Waals surface area contributed by atoms with Crippen LogP contribution >= 0.6 is 11.3 Å². The van der Waals surface area contributed by atoms with E-state index in [1.807, 2.05) is 24.3 Å². The van der Waals surface area contributed by atoms with Gasteiger partial charge >= 0.3 is 5.97 Å². The van der Waals surface area contributed by atoms with Gasteiger partial charge in [-0.2, -0.15) is 5.10 Å². The summed E-state index contributed by atoms with van der Waals surface area (Å²) in [5.41, 5.74) is 0.386. The van der Waals surface area contributed by atoms with E-state index in [1.165, 1.54) is 28.7 Å². The molecule has 3 aromatic rings. The normalized spacial score (nSPS) is 12.1. The second-order valence-corrected chi connectivity index (χ2v) is 6.12. The van der Waals surface area contributed by atoms with Gasteiger partial charge in [0.25, 0.3) is 0 Å². The number of amides is 1. The minimum absolute atomic E-state index is 0.270. The smallest absolute Gasteiger partial charge is 0.341 e. The lowest BCUT2D eigenvalue weighted by Crippen LogP contribution is -2.24. The van der Waals surface area contributed by atoms with Gasteiger partial charge in [0.15, 0.2) is 0 Å². The number of nitrogens with one attached hydrogen (secondary N) is 1. The molecule has 1 N–H and O–H groups in total. The van der Waals surface area contributed by atoms with Crippen LogP contribution in [0.15, 0.2) is 36.9 Å². The molecule has 0 radical (unpaired) electrons. The SMILES string of the molecule is CCOC(=O)c1c(NC(=O)[C@H](C)n2cncn2)sc2ccccc12. The average molecular weight is 344 g/mol. The molecule has 0 saturated heterocycles. The van der Waals surface area contributed by atoms with Gasteiger partial charge in [0.05, 0.1) is 6.61 Å². The van der Waals surface area contributed by atoms with Gasteiger partial charge in [0.2, 0.25) is 5.91 Å². The van der Waals surface area contributed by atoms with E-state index in [-0.39, 0.29) is 12.5 Å². The summed E-state index contributed by atoms with van der Waals surface area (Å²) in [6.45, 7) is 3.73. The van der Waals surface area contributed by atoms with Crippen LogP contribution in [0.2, 0.25) is 0 Å². The lowest BCUT2D eigenvalue weighted by atomic mass is 10.1. The monoisotopic (exact) mass is 344 g/mol. The number of nitrogens with zero attached hydrogens (tertiary/aromatic N) is 3. The number of rotatable bonds is 5. The fraction of sp³-hybridized carbons (Fsp3) is 0.250. The molecule has 0 aliphatic rings. The first-order valence-corrected chi connectivity index (χ1v) is 8.27. The number of carbonyl (C=O) groups excluding carboxylic acids is 2. The number of carbonyl (C=O) groups is 2. The van der Waals surface area contributed by atoms with Gasteiger partial charge in [-0.15, -0.1) is 11.3 Å². The summed E-state index contributed by atoms with van der Waals surface area (Å²) >= 11 is 1.34. The van der Waals surface area contributed by atoms with E-state index in [0.29, 0.717) is 10.6 Å². The lowest BCUT2D eigenvalue weighted by Gasteiger charge is -2.12. The highest BCUT2D eigenvalue weighted by Gasteiger charge is 2.23. The van der Waals surface area contributed by atoms with Gasteiger partial charge in [-0.3, -0.25) is 4.79 Å². The van der Waals surface area contributed by atoms with Crippen LogP contribution < -0.4 is 5.32 Å². The molecule has 24 heavy (non-hydrogen) atoms. The summed E-state index contributed by atoms with van der Waals surface area (Å²) in [7, 11) is 0. The van der Waals surface area contributed by atoms with E-state index in [9.17, 15) is 9.59 Å². The number of ether oxygens (including phenoxy) is 1. The summed E-state index contributed by atoms with van der Waals surface area (Å²) in [4.78, 5) is 28.6. The quantitative estimate of drug-likeness (QED) is 0.719. The first kappa shape index (κ1) is 16.1. The first-order chi connectivity index (χ1) is 11.6. The Balaban J connectivity index is 1.95. The highest BCUT2D eigenvalue weighted by molar-refractivity contribution is 7.23. The second kappa shape index (κ2) is 6.79. The molecule has 1 aromatic carbocycles. The highest BCUT2D eigenvalue weighted by Crippen LogP contribution is 2.36. The lowest BCUT2D eigenvalue weighted by molar-refractivity contribution is -0.119. The van der Waals surface area contributed by atoms with Crippen molar-refractivity contribution in [2.75, 3.05) is 11.9 Å². The van der Waals surface area contributed by atoms with Gasteiger partial charge in [-0.25, -0.2) is 14.5 Å². The molecule has 1 atom stereocenters. The van der Waals surface area contributed by atoms with E-state index in [4.69, 9.17) is 4.74 Å². The van der Waals surface area contributed by atoms with Crippen molar-refractivity contribution in [3.63, 3.8) is 0 Å². The molecule has 0 aliphatic carbocycles. The van der Waals surface area contributed by atoms with E-state index in [1.54, 1.807) is 13.8 Å². The standard InChI is InChI=1S/C16H16N4O3S/c1-3-23-16(22)13-11-6-4-5-7-12(11)24-15(13)19-14(21)10(2)20-9-17-8-18-20/h4-10H,3H2,1-2H3,(H,19,21)/t10-/m0/s1. The molecule has 0 saturated carbocycles. The van der Waals surface area contributed by atoms with Crippen molar-refractivity contribution in [1.82, 2.24) is 14.8 Å². The van der Waals surface area contributed by atoms with Crippen LogP contribution in [0.5, 0.6) is 0 Å². The highest BCUT2D eigenvalue weighted by atomic mass is 32.1. The van der Waals surface area contributed by atoms with Gasteiger partial charge < -0.3 is 10.1 Å². The van der Waals surface area contributed by atoms with Gasteiger partial charge in [-0.05, 0) is 19.9 Å². The fourth-order valence-electron chi connectivity index (χ4n) is 2.29. The van der Waals surface area contributed by atoms with E-state index in [0.717, 1.165) is 10.1 Å². The zero-order chi connectivity index (χ0) is 17.1. The Morgan fingerprint density at radius 1 is 1.38 bits per heavy atom. The Labute approximate surface area is 142 Å². The summed E-state index contributed by atoms with van der Waals surface area (Å²) in [6, 6.07) is 6.93. The van der Waals surface area contributed by atoms with Crippen molar-refractivity contribution in [1.29, 1.82) is 0 Å². The minimum Gasteiger partial charge on any atom is -0.462 e. The number of hydrogen-bond acceptors (Lipinski definition) is 6. The zero-order valence-electron chi connectivity index (χ0n) is 13.2. The molecule has 0 fully saturated rings. The third-order valence-corrected chi connectivity index (χ3v) is 4.61. The molecular formula is C16H16N4O3S. The molecule has 3 rings (SSSR count). The molecule has 0 unspecified atom stereocenters. The molecule has 0 bridgehead atoms. The molecule has 124 valence electrons. The van der Waals surface area contributed by atoms with Crippen LogP contribution in [0.3, 0.4) is 0 Å². The van der Waals surface area contributed by atoms with Gasteiger partial charge in [0, 0.05) is 10.1 Å². The molecule has 8 heteroatoms. The van der Waals surface area contributed by atoms with Gasteiger partial charge in [0.1, 0.15) is 29.3 Å². The predicted molar refractivity (Wildman–Crippen MR) is 91.1 cm³/mol. The van der Waals surface area contributed by atoms with Crippen LogP contribution in [0.25, 0.3) is 10.1 Å². The largest absolute Gasteiger partial charge is 0.462 e. The number of benzene rings is 1. The van der Waals surface area contributed by atoms with Crippen LogP contribution in [0.4, 0.5) is 5.00 Å². The van der Waals surface area contributed by atoms with Crippen LogP contribution in [-0.2, 0) is 9.53 Å². The molecule has 0 spiro atoms. The second-order valence-electron chi connectivity index (χ2n) is 5.06. The Bertz CT molecular complexity index is 873. The Hall–Kier alpha value is -2.74. The average Bonchev–Trinajstić information content (AvgIpc) is 3.21. The maximum absolute atomic E-state index is 12.5. The fourth-order valence-corrected chi connectivity index (χ4v) is 3.39. The Morgan fingerprint density at radius 3 is 2.88 bits per heavy atom. The summed E-state index contributed by atoms with van der Waals surface area (Å²) in [5.74, 6) is -0.726. The molecule has 1 amide bonds. The topological polar surface area (TPSA) is 86.1 Å². The van der Waals surface area contributed by atoms with E-state index >= 15 is 0 Å². The van der Waals surface area contributed by atoms with Crippen molar-refractivity contribution in [3.8, 4) is 0 Å². The van der Waals surface area contributed by atoms with Crippen LogP contribution in [0.1, 0.15) is 30.2 Å². The third-order valence-electron chi connectivity index (χ3n) is 3.52. The summed E-state index contributed by atoms with van der Waals surface area (Å²) in [5, 5.41) is 8.03. The number of anilines is 1. The molecule has 2 heterocycles. The number of aromatic nitrogens is 3. The molecule has 0 aliphatic heterocycles. The molecular weight excluding hydrogens is 328 g/mol. The first-order valence-electron chi connectivity index (χ1n) is 7.45. The van der Waals surface area contributed by atoms with Crippen LogP contribution in [0, 0.1) is 0 Å². The zero-order valence-corrected chi connectivity index (χ0v) is 14.0. The number of esters is 1. The van der Waals surface area contributed by atoms with Crippen molar-refractivity contribution < 1.29 is 14.3 Å². The van der Waals surface area contributed by atoms with Gasteiger partial charge in [-0.1, -0.05) is 18.2 Å².